The number of nitrogens with zero attached hydrogens (tertiary/aromatic N) is 1. The number of hydrogen-bond donors (Lipinski definition) is 0. The van der Waals surface area contributed by atoms with E-state index < -0.39 is 11.4 Å². The van der Waals surface area contributed by atoms with Crippen molar-refractivity contribution in [1.29, 1.82) is 0 Å². The molecule has 0 radical (unpaired) electrons. The van der Waals surface area contributed by atoms with E-state index in [4.69, 9.17) is 4.74 Å². The molecular formula is C13H17NO2S. The Labute approximate surface area is 105 Å². The minimum atomic E-state index is -1.21. The van der Waals surface area contributed by atoms with Crippen molar-refractivity contribution < 1.29 is 9.29 Å². The Hall–Kier alpha value is -1.00. The Bertz CT molecular complexity index is 437. The van der Waals surface area contributed by atoms with E-state index in [1.807, 2.05) is 45.0 Å². The van der Waals surface area contributed by atoms with E-state index in [9.17, 15) is 4.55 Å². The molecule has 0 N–H and O–H groups in total. The molecular weight excluding hydrogens is 234 g/mol. The van der Waals surface area contributed by atoms with Crippen LogP contribution < -0.4 is 4.74 Å². The van der Waals surface area contributed by atoms with Gasteiger partial charge in [-0.25, -0.2) is 0 Å². The predicted molar refractivity (Wildman–Crippen MR) is 71.0 cm³/mol. The minimum absolute atomic E-state index is 0.319. The summed E-state index contributed by atoms with van der Waals surface area (Å²) in [6.07, 6.45) is 0.721. The molecule has 0 aliphatic carbocycles. The fourth-order valence-corrected chi connectivity index (χ4v) is 2.22. The predicted octanol–water partition coefficient (Wildman–Crippen LogP) is 2.72. The lowest BCUT2D eigenvalue weighted by Gasteiger charge is -2.22. The van der Waals surface area contributed by atoms with Crippen LogP contribution in [0.5, 0.6) is 5.75 Å². The van der Waals surface area contributed by atoms with Crippen LogP contribution in [0, 0.1) is 0 Å². The first kappa shape index (κ1) is 12.5. The zero-order valence-electron chi connectivity index (χ0n) is 10.4. The summed E-state index contributed by atoms with van der Waals surface area (Å²) in [6.45, 7) is 6.40. The summed E-state index contributed by atoms with van der Waals surface area (Å²) >= 11 is -1.21. The molecule has 0 unspecified atom stereocenters. The number of fused-ring (bicyclic) bond motifs is 1. The molecule has 0 saturated heterocycles. The summed E-state index contributed by atoms with van der Waals surface area (Å²) in [5.41, 5.74) is 1.86. The number of hydrogen-bond acceptors (Lipinski definition) is 3. The molecule has 3 nitrogen and oxygen atoms in total. The van der Waals surface area contributed by atoms with E-state index >= 15 is 0 Å². The van der Waals surface area contributed by atoms with Gasteiger partial charge in [-0.15, -0.1) is 0 Å². The second-order valence-electron chi connectivity index (χ2n) is 4.99. The average Bonchev–Trinajstić information content (AvgIpc) is 2.28. The van der Waals surface area contributed by atoms with Crippen molar-refractivity contribution in [1.82, 2.24) is 0 Å². The van der Waals surface area contributed by atoms with E-state index in [2.05, 4.69) is 4.40 Å². The van der Waals surface area contributed by atoms with Gasteiger partial charge >= 0.3 is 0 Å². The quantitative estimate of drug-likeness (QED) is 0.720. The highest BCUT2D eigenvalue weighted by Gasteiger charge is 2.28. The van der Waals surface area contributed by atoms with Crippen molar-refractivity contribution in [2.24, 2.45) is 4.40 Å². The molecule has 1 aliphatic rings. The Morgan fingerprint density at radius 3 is 2.71 bits per heavy atom. The summed E-state index contributed by atoms with van der Waals surface area (Å²) < 4.78 is 21.6. The van der Waals surface area contributed by atoms with Crippen LogP contribution in [0.1, 0.15) is 32.8 Å². The molecule has 1 heterocycles. The van der Waals surface area contributed by atoms with Crippen molar-refractivity contribution in [2.75, 3.05) is 6.61 Å². The van der Waals surface area contributed by atoms with Gasteiger partial charge in [0.1, 0.15) is 27.6 Å². The highest BCUT2D eigenvalue weighted by Crippen LogP contribution is 2.26. The van der Waals surface area contributed by atoms with Gasteiger partial charge in [-0.3, -0.25) is 0 Å². The Morgan fingerprint density at radius 1 is 1.29 bits per heavy atom. The van der Waals surface area contributed by atoms with Crippen LogP contribution in [0.3, 0.4) is 0 Å². The molecule has 1 aromatic rings. The molecule has 2 rings (SSSR count). The molecule has 1 aliphatic heterocycles. The smallest absolute Gasteiger partial charge is 0.144 e. The highest BCUT2D eigenvalue weighted by molar-refractivity contribution is 7.91. The van der Waals surface area contributed by atoms with Crippen molar-refractivity contribution in [3.05, 3.63) is 29.8 Å². The number of para-hydroxylation sites is 1. The number of rotatable bonds is 1. The second-order valence-corrected chi connectivity index (χ2v) is 6.90. The first-order valence-electron chi connectivity index (χ1n) is 5.70. The lowest BCUT2D eigenvalue weighted by Crippen LogP contribution is -2.28. The summed E-state index contributed by atoms with van der Waals surface area (Å²) in [5, 5.41) is 0. The third kappa shape index (κ3) is 2.82. The fourth-order valence-electron chi connectivity index (χ4n) is 1.56. The molecule has 0 aromatic heterocycles. The molecule has 0 fully saturated rings. The van der Waals surface area contributed by atoms with Gasteiger partial charge in [0.15, 0.2) is 0 Å². The normalized spacial score (nSPS) is 19.6. The molecule has 0 bridgehead atoms. The molecule has 0 amide bonds. The maximum Gasteiger partial charge on any atom is 0.144 e. The van der Waals surface area contributed by atoms with Gasteiger partial charge in [0.2, 0.25) is 0 Å². The molecule has 17 heavy (non-hydrogen) atoms. The summed E-state index contributed by atoms with van der Waals surface area (Å²) in [7, 11) is 0. The van der Waals surface area contributed by atoms with Gasteiger partial charge in [0.25, 0.3) is 0 Å². The Kier molecular flexibility index (Phi) is 3.45. The topological polar surface area (TPSA) is 44.7 Å². The van der Waals surface area contributed by atoms with E-state index in [0.717, 1.165) is 23.4 Å². The van der Waals surface area contributed by atoms with Gasteiger partial charge < -0.3 is 9.29 Å². The van der Waals surface area contributed by atoms with Gasteiger partial charge in [0.05, 0.1) is 6.61 Å². The molecule has 92 valence electrons. The largest absolute Gasteiger partial charge is 0.591 e. The number of benzene rings is 1. The lowest BCUT2D eigenvalue weighted by molar-refractivity contribution is 0.320. The second kappa shape index (κ2) is 4.70. The van der Waals surface area contributed by atoms with E-state index in [-0.39, 0.29) is 4.75 Å². The van der Waals surface area contributed by atoms with E-state index in [1.54, 1.807) is 0 Å². The minimum Gasteiger partial charge on any atom is -0.591 e. The van der Waals surface area contributed by atoms with Gasteiger partial charge in [-0.1, -0.05) is 16.5 Å². The van der Waals surface area contributed by atoms with Crippen LogP contribution in [-0.2, 0) is 11.4 Å². The zero-order chi connectivity index (χ0) is 12.5. The highest BCUT2D eigenvalue weighted by atomic mass is 32.2. The fraction of sp³-hybridized carbons (Fsp3) is 0.462. The van der Waals surface area contributed by atoms with E-state index in [1.165, 1.54) is 0 Å². The van der Waals surface area contributed by atoms with Crippen LogP contribution in [0.25, 0.3) is 0 Å². The lowest BCUT2D eigenvalue weighted by atomic mass is 10.0. The van der Waals surface area contributed by atoms with Gasteiger partial charge in [-0.2, -0.15) is 0 Å². The summed E-state index contributed by atoms with van der Waals surface area (Å²) in [4.78, 5) is 0. The monoisotopic (exact) mass is 251 g/mol. The van der Waals surface area contributed by atoms with Gasteiger partial charge in [-0.05, 0) is 32.9 Å². The Morgan fingerprint density at radius 2 is 2.00 bits per heavy atom. The molecule has 4 heteroatoms. The zero-order valence-corrected chi connectivity index (χ0v) is 11.2. The molecule has 0 spiro atoms. The van der Waals surface area contributed by atoms with Crippen LogP contribution in [0.2, 0.25) is 0 Å². The standard InChI is InChI=1S/C13H17NO2S/c1-13(2,3)17(15)14-11-8-9-16-12-7-5-4-6-10(11)12/h4-7H,8-9H2,1-3H3/t17-/m0/s1. The first-order chi connectivity index (χ1) is 7.98. The third-order valence-corrected chi connectivity index (χ3v) is 3.95. The molecule has 0 saturated carbocycles. The molecule has 1 atom stereocenters. The maximum atomic E-state index is 12.0. The van der Waals surface area contributed by atoms with Crippen molar-refractivity contribution in [2.45, 2.75) is 31.9 Å². The van der Waals surface area contributed by atoms with Crippen molar-refractivity contribution >= 4 is 17.1 Å². The Balaban J connectivity index is 2.33. The summed E-state index contributed by atoms with van der Waals surface area (Å²) in [5.74, 6) is 0.836. The summed E-state index contributed by atoms with van der Waals surface area (Å²) in [6, 6.07) is 7.77. The molecule has 1 aromatic carbocycles. The van der Waals surface area contributed by atoms with Crippen molar-refractivity contribution in [3.63, 3.8) is 0 Å². The number of ether oxygens (including phenoxy) is 1. The van der Waals surface area contributed by atoms with Crippen LogP contribution in [-0.4, -0.2) is 21.6 Å². The SMILES string of the molecule is CC(C)(C)[S@+]([O-])N=C1CCOc2ccccc21. The van der Waals surface area contributed by atoms with Crippen LogP contribution >= 0.6 is 0 Å². The third-order valence-electron chi connectivity index (χ3n) is 2.51. The van der Waals surface area contributed by atoms with E-state index in [0.29, 0.717) is 6.61 Å². The van der Waals surface area contributed by atoms with Crippen LogP contribution in [0.4, 0.5) is 0 Å². The van der Waals surface area contributed by atoms with Crippen molar-refractivity contribution in [3.8, 4) is 5.75 Å². The first-order valence-corrected chi connectivity index (χ1v) is 6.81. The average molecular weight is 251 g/mol. The maximum absolute atomic E-state index is 12.0. The van der Waals surface area contributed by atoms with Crippen LogP contribution in [0.15, 0.2) is 28.7 Å². The van der Waals surface area contributed by atoms with Gasteiger partial charge in [0, 0.05) is 12.0 Å².